The topological polar surface area (TPSA) is 55.1 Å². The van der Waals surface area contributed by atoms with E-state index in [9.17, 15) is 4.79 Å². The smallest absolute Gasteiger partial charge is 0.306 e. The van der Waals surface area contributed by atoms with Gasteiger partial charge in [-0.15, -0.1) is 0 Å². The van der Waals surface area contributed by atoms with Gasteiger partial charge in [-0.25, -0.2) is 0 Å². The summed E-state index contributed by atoms with van der Waals surface area (Å²) >= 11 is 0. The van der Waals surface area contributed by atoms with Crippen LogP contribution in [0.1, 0.15) is 17.7 Å². The standard InChI is InChI=1S/C9H12N2O2/c1-11-8-3-2-6(9(12)13)4-7(8)5-10-11/h5-6H,2-4H2,1H3,(H,12,13)/t6-/m1/s1. The normalized spacial score (nSPS) is 21.2. The highest BCUT2D eigenvalue weighted by molar-refractivity contribution is 5.70. The fourth-order valence-corrected chi connectivity index (χ4v) is 1.89. The van der Waals surface area contributed by atoms with Crippen LogP contribution in [0, 0.1) is 5.92 Å². The van der Waals surface area contributed by atoms with Crippen LogP contribution in [0.15, 0.2) is 6.20 Å². The van der Waals surface area contributed by atoms with E-state index in [0.717, 1.165) is 18.4 Å². The molecule has 1 atom stereocenters. The summed E-state index contributed by atoms with van der Waals surface area (Å²) in [6.07, 6.45) is 3.99. The van der Waals surface area contributed by atoms with Gasteiger partial charge in [-0.1, -0.05) is 0 Å². The number of carboxylic acids is 1. The summed E-state index contributed by atoms with van der Waals surface area (Å²) in [6.45, 7) is 0. The Morgan fingerprint density at radius 1 is 1.77 bits per heavy atom. The Labute approximate surface area is 76.2 Å². The van der Waals surface area contributed by atoms with Gasteiger partial charge in [0.1, 0.15) is 0 Å². The Kier molecular flexibility index (Phi) is 1.83. The monoisotopic (exact) mass is 180 g/mol. The summed E-state index contributed by atoms with van der Waals surface area (Å²) in [6, 6.07) is 0. The molecule has 0 unspecified atom stereocenters. The van der Waals surface area contributed by atoms with Crippen molar-refractivity contribution >= 4 is 5.97 Å². The van der Waals surface area contributed by atoms with Crippen LogP contribution in [0.3, 0.4) is 0 Å². The van der Waals surface area contributed by atoms with Gasteiger partial charge in [-0.2, -0.15) is 5.10 Å². The van der Waals surface area contributed by atoms with Crippen molar-refractivity contribution in [2.75, 3.05) is 0 Å². The van der Waals surface area contributed by atoms with Gasteiger partial charge >= 0.3 is 5.97 Å². The van der Waals surface area contributed by atoms with Crippen LogP contribution < -0.4 is 0 Å². The van der Waals surface area contributed by atoms with Crippen molar-refractivity contribution in [1.82, 2.24) is 9.78 Å². The summed E-state index contributed by atoms with van der Waals surface area (Å²) in [5.41, 5.74) is 2.29. The molecule has 0 bridgehead atoms. The minimum atomic E-state index is -0.686. The number of rotatable bonds is 1. The third-order valence-electron chi connectivity index (χ3n) is 2.69. The van der Waals surface area contributed by atoms with Crippen LogP contribution in [-0.4, -0.2) is 20.9 Å². The molecule has 1 heterocycles. The number of hydrogen-bond donors (Lipinski definition) is 1. The largest absolute Gasteiger partial charge is 0.481 e. The lowest BCUT2D eigenvalue weighted by Crippen LogP contribution is -2.22. The molecule has 1 aromatic heterocycles. The zero-order valence-corrected chi connectivity index (χ0v) is 7.53. The van der Waals surface area contributed by atoms with Crippen LogP contribution in [-0.2, 0) is 24.7 Å². The predicted molar refractivity (Wildman–Crippen MR) is 46.4 cm³/mol. The highest BCUT2D eigenvalue weighted by atomic mass is 16.4. The molecule has 0 radical (unpaired) electrons. The van der Waals surface area contributed by atoms with E-state index in [1.54, 1.807) is 6.20 Å². The molecule has 0 spiro atoms. The maximum absolute atomic E-state index is 10.7. The van der Waals surface area contributed by atoms with Gasteiger partial charge in [0.25, 0.3) is 0 Å². The van der Waals surface area contributed by atoms with Gasteiger partial charge in [-0.05, 0) is 24.8 Å². The molecule has 0 amide bonds. The minimum absolute atomic E-state index is 0.211. The van der Waals surface area contributed by atoms with E-state index < -0.39 is 5.97 Å². The molecule has 1 N–H and O–H groups in total. The van der Waals surface area contributed by atoms with Crippen LogP contribution in [0.25, 0.3) is 0 Å². The first-order valence-electron chi connectivity index (χ1n) is 4.41. The maximum Gasteiger partial charge on any atom is 0.306 e. The molecule has 0 saturated carbocycles. The average Bonchev–Trinajstić information content (AvgIpc) is 2.47. The van der Waals surface area contributed by atoms with E-state index in [4.69, 9.17) is 5.11 Å². The predicted octanol–water partition coefficient (Wildman–Crippen LogP) is 0.610. The molecular formula is C9H12N2O2. The molecule has 0 saturated heterocycles. The molecule has 0 aromatic carbocycles. The number of aliphatic carboxylic acids is 1. The van der Waals surface area contributed by atoms with E-state index in [1.807, 2.05) is 11.7 Å². The third-order valence-corrected chi connectivity index (χ3v) is 2.69. The van der Waals surface area contributed by atoms with E-state index in [0.29, 0.717) is 6.42 Å². The lowest BCUT2D eigenvalue weighted by Gasteiger charge is -2.18. The zero-order chi connectivity index (χ0) is 9.42. The van der Waals surface area contributed by atoms with Crippen molar-refractivity contribution in [1.29, 1.82) is 0 Å². The zero-order valence-electron chi connectivity index (χ0n) is 7.53. The summed E-state index contributed by atoms with van der Waals surface area (Å²) < 4.78 is 1.84. The van der Waals surface area contributed by atoms with Crippen LogP contribution in [0.5, 0.6) is 0 Å². The first-order valence-corrected chi connectivity index (χ1v) is 4.41. The van der Waals surface area contributed by atoms with Gasteiger partial charge < -0.3 is 5.11 Å². The summed E-state index contributed by atoms with van der Waals surface area (Å²) in [4.78, 5) is 10.7. The molecule has 1 aromatic rings. The SMILES string of the molecule is Cn1ncc2c1CC[C@@H](C(=O)O)C2. The second-order valence-electron chi connectivity index (χ2n) is 3.52. The maximum atomic E-state index is 10.7. The number of nitrogens with zero attached hydrogens (tertiary/aromatic N) is 2. The fraction of sp³-hybridized carbons (Fsp3) is 0.556. The van der Waals surface area contributed by atoms with Gasteiger partial charge in [0.15, 0.2) is 0 Å². The lowest BCUT2D eigenvalue weighted by atomic mass is 9.88. The van der Waals surface area contributed by atoms with Crippen molar-refractivity contribution in [3.8, 4) is 0 Å². The van der Waals surface area contributed by atoms with E-state index >= 15 is 0 Å². The lowest BCUT2D eigenvalue weighted by molar-refractivity contribution is -0.142. The molecule has 4 nitrogen and oxygen atoms in total. The number of hydrogen-bond acceptors (Lipinski definition) is 2. The average molecular weight is 180 g/mol. The summed E-state index contributed by atoms with van der Waals surface area (Å²) in [7, 11) is 1.90. The summed E-state index contributed by atoms with van der Waals surface area (Å²) in [5, 5.41) is 13.0. The fourth-order valence-electron chi connectivity index (χ4n) is 1.89. The molecule has 4 heteroatoms. The van der Waals surface area contributed by atoms with E-state index in [-0.39, 0.29) is 5.92 Å². The second-order valence-corrected chi connectivity index (χ2v) is 3.52. The first-order chi connectivity index (χ1) is 6.18. The van der Waals surface area contributed by atoms with Crippen molar-refractivity contribution < 1.29 is 9.90 Å². The number of carboxylic acid groups (broad SMARTS) is 1. The van der Waals surface area contributed by atoms with Crippen molar-refractivity contribution in [2.24, 2.45) is 13.0 Å². The van der Waals surface area contributed by atoms with Crippen LogP contribution >= 0.6 is 0 Å². The van der Waals surface area contributed by atoms with Crippen molar-refractivity contribution in [3.05, 3.63) is 17.5 Å². The molecule has 13 heavy (non-hydrogen) atoms. The number of aromatic nitrogens is 2. The Morgan fingerprint density at radius 3 is 3.23 bits per heavy atom. The minimum Gasteiger partial charge on any atom is -0.481 e. The van der Waals surface area contributed by atoms with E-state index in [2.05, 4.69) is 5.10 Å². The highest BCUT2D eigenvalue weighted by Crippen LogP contribution is 2.24. The molecule has 70 valence electrons. The van der Waals surface area contributed by atoms with Crippen LogP contribution in [0.4, 0.5) is 0 Å². The molecule has 2 rings (SSSR count). The van der Waals surface area contributed by atoms with Crippen LogP contribution in [0.2, 0.25) is 0 Å². The Hall–Kier alpha value is -1.32. The number of carbonyl (C=O) groups is 1. The van der Waals surface area contributed by atoms with Gasteiger partial charge in [0, 0.05) is 12.7 Å². The molecule has 0 aliphatic heterocycles. The summed E-state index contributed by atoms with van der Waals surface area (Å²) in [5.74, 6) is -0.897. The molecular weight excluding hydrogens is 168 g/mol. The number of aryl methyl sites for hydroxylation is 1. The van der Waals surface area contributed by atoms with Gasteiger partial charge in [-0.3, -0.25) is 9.48 Å². The van der Waals surface area contributed by atoms with Gasteiger partial charge in [0.05, 0.1) is 12.1 Å². The second kappa shape index (κ2) is 2.87. The van der Waals surface area contributed by atoms with E-state index in [1.165, 1.54) is 5.69 Å². The Morgan fingerprint density at radius 2 is 2.54 bits per heavy atom. The van der Waals surface area contributed by atoms with Crippen molar-refractivity contribution in [2.45, 2.75) is 19.3 Å². The first kappa shape index (κ1) is 8.29. The Bertz CT molecular complexity index is 343. The van der Waals surface area contributed by atoms with Crippen molar-refractivity contribution in [3.63, 3.8) is 0 Å². The third kappa shape index (κ3) is 1.32. The Balaban J connectivity index is 2.25. The highest BCUT2D eigenvalue weighted by Gasteiger charge is 2.25. The van der Waals surface area contributed by atoms with Gasteiger partial charge in [0.2, 0.25) is 0 Å². The quantitative estimate of drug-likeness (QED) is 0.688. The number of fused-ring (bicyclic) bond motifs is 1. The molecule has 0 fully saturated rings. The molecule has 1 aliphatic carbocycles. The molecule has 1 aliphatic rings.